The maximum atomic E-state index is 12.6. The highest BCUT2D eigenvalue weighted by molar-refractivity contribution is 8.00. The number of thioether (sulfide) groups is 1. The molecule has 0 saturated carbocycles. The maximum Gasteiger partial charge on any atom is 0.251 e. The number of rotatable bonds is 7. The Kier molecular flexibility index (Phi) is 6.21. The summed E-state index contributed by atoms with van der Waals surface area (Å²) in [6.07, 6.45) is 0.823. The zero-order valence-corrected chi connectivity index (χ0v) is 18.8. The van der Waals surface area contributed by atoms with Crippen molar-refractivity contribution < 1.29 is 19.1 Å². The van der Waals surface area contributed by atoms with Crippen molar-refractivity contribution in [1.29, 1.82) is 0 Å². The Morgan fingerprint density at radius 2 is 1.76 bits per heavy atom. The number of benzene rings is 3. The quantitative estimate of drug-likeness (QED) is 0.573. The molecule has 1 atom stereocenters. The molecule has 0 aromatic heterocycles. The van der Waals surface area contributed by atoms with E-state index in [1.807, 2.05) is 65.6 Å². The van der Waals surface area contributed by atoms with Gasteiger partial charge < -0.3 is 19.7 Å². The fourth-order valence-corrected chi connectivity index (χ4v) is 5.22. The molecule has 1 saturated heterocycles. The van der Waals surface area contributed by atoms with Crippen LogP contribution in [0.5, 0.6) is 11.5 Å². The van der Waals surface area contributed by atoms with Crippen LogP contribution in [0.3, 0.4) is 0 Å². The Bertz CT molecular complexity index is 1150. The van der Waals surface area contributed by atoms with Gasteiger partial charge in [-0.2, -0.15) is 0 Å². The summed E-state index contributed by atoms with van der Waals surface area (Å²) < 4.78 is 10.7. The zero-order valence-electron chi connectivity index (χ0n) is 18.0. The summed E-state index contributed by atoms with van der Waals surface area (Å²) in [4.78, 5) is 27.0. The summed E-state index contributed by atoms with van der Waals surface area (Å²) in [5.41, 5.74) is 3.78. The van der Waals surface area contributed by atoms with E-state index in [-0.39, 0.29) is 24.0 Å². The van der Waals surface area contributed by atoms with E-state index in [9.17, 15) is 9.59 Å². The minimum atomic E-state index is -0.143. The Morgan fingerprint density at radius 1 is 0.970 bits per heavy atom. The molecule has 5 rings (SSSR count). The summed E-state index contributed by atoms with van der Waals surface area (Å²) in [6, 6.07) is 23.4. The predicted molar refractivity (Wildman–Crippen MR) is 127 cm³/mol. The number of fused-ring (bicyclic) bond motifs is 1. The molecular formula is C26H24N2O4S. The van der Waals surface area contributed by atoms with Crippen LogP contribution in [0.2, 0.25) is 0 Å². The molecule has 2 heterocycles. The first-order valence-corrected chi connectivity index (χ1v) is 11.9. The van der Waals surface area contributed by atoms with Crippen molar-refractivity contribution in [3.05, 3.63) is 95.1 Å². The van der Waals surface area contributed by atoms with Gasteiger partial charge in [-0.1, -0.05) is 48.5 Å². The third kappa shape index (κ3) is 4.83. The second-order valence-corrected chi connectivity index (χ2v) is 9.05. The smallest absolute Gasteiger partial charge is 0.251 e. The number of amides is 2. The third-order valence-electron chi connectivity index (χ3n) is 5.80. The summed E-state index contributed by atoms with van der Waals surface area (Å²) in [7, 11) is 0. The molecule has 168 valence electrons. The van der Waals surface area contributed by atoms with Crippen LogP contribution in [0.15, 0.2) is 72.8 Å². The van der Waals surface area contributed by atoms with Crippen LogP contribution in [0.4, 0.5) is 0 Å². The average molecular weight is 461 g/mol. The molecule has 3 aromatic rings. The highest BCUT2D eigenvalue weighted by Gasteiger charge is 2.32. The van der Waals surface area contributed by atoms with Crippen LogP contribution < -0.4 is 14.8 Å². The summed E-state index contributed by atoms with van der Waals surface area (Å²) >= 11 is 1.63. The van der Waals surface area contributed by atoms with E-state index in [0.29, 0.717) is 30.2 Å². The average Bonchev–Trinajstić information content (AvgIpc) is 3.48. The number of carbonyl (C=O) groups excluding carboxylic acids is 2. The van der Waals surface area contributed by atoms with Crippen LogP contribution in [0.1, 0.15) is 32.4 Å². The molecule has 1 N–H and O–H groups in total. The first-order chi connectivity index (χ1) is 16.2. The first-order valence-electron chi connectivity index (χ1n) is 10.9. The molecule has 0 spiro atoms. The predicted octanol–water partition coefficient (Wildman–Crippen LogP) is 4.16. The van der Waals surface area contributed by atoms with E-state index in [4.69, 9.17) is 9.47 Å². The molecule has 7 heteroatoms. The lowest BCUT2D eigenvalue weighted by atomic mass is 10.1. The zero-order chi connectivity index (χ0) is 22.6. The van der Waals surface area contributed by atoms with Crippen molar-refractivity contribution >= 4 is 23.6 Å². The van der Waals surface area contributed by atoms with E-state index in [0.717, 1.165) is 23.3 Å². The lowest BCUT2D eigenvalue weighted by Crippen LogP contribution is -2.30. The standard InChI is InChI=1S/C26H24N2O4S/c29-24-16-33-26(28(24)13-12-18-4-2-1-3-5-18)21-9-7-20(8-10-21)25(30)27-15-19-6-11-22-23(14-19)32-17-31-22/h1-11,14,26H,12-13,15-17H2,(H,27,30)/t26-/m0/s1. The number of hydrogen-bond acceptors (Lipinski definition) is 5. The van der Waals surface area contributed by atoms with E-state index >= 15 is 0 Å². The molecule has 0 radical (unpaired) electrons. The van der Waals surface area contributed by atoms with Crippen molar-refractivity contribution in [1.82, 2.24) is 10.2 Å². The molecule has 3 aromatic carbocycles. The van der Waals surface area contributed by atoms with Gasteiger partial charge in [0.05, 0.1) is 5.75 Å². The molecule has 1 fully saturated rings. The fourth-order valence-electron chi connectivity index (χ4n) is 4.00. The van der Waals surface area contributed by atoms with Crippen molar-refractivity contribution in [3.8, 4) is 11.5 Å². The molecule has 6 nitrogen and oxygen atoms in total. The number of nitrogens with one attached hydrogen (secondary N) is 1. The number of ether oxygens (including phenoxy) is 2. The van der Waals surface area contributed by atoms with E-state index < -0.39 is 0 Å². The van der Waals surface area contributed by atoms with Gasteiger partial charge in [-0.3, -0.25) is 9.59 Å². The van der Waals surface area contributed by atoms with Crippen LogP contribution in [0, 0.1) is 0 Å². The van der Waals surface area contributed by atoms with Crippen LogP contribution in [0.25, 0.3) is 0 Å². The van der Waals surface area contributed by atoms with Gasteiger partial charge in [-0.15, -0.1) is 11.8 Å². The minimum absolute atomic E-state index is 0.0213. The van der Waals surface area contributed by atoms with E-state index in [1.54, 1.807) is 11.8 Å². The molecule has 0 aliphatic carbocycles. The molecule has 0 unspecified atom stereocenters. The van der Waals surface area contributed by atoms with Crippen molar-refractivity contribution in [2.45, 2.75) is 18.3 Å². The lowest BCUT2D eigenvalue weighted by molar-refractivity contribution is -0.128. The Balaban J connectivity index is 1.20. The van der Waals surface area contributed by atoms with Crippen LogP contribution >= 0.6 is 11.8 Å². The number of carbonyl (C=O) groups is 2. The summed E-state index contributed by atoms with van der Waals surface area (Å²) in [5.74, 6) is 1.92. The Morgan fingerprint density at radius 3 is 2.58 bits per heavy atom. The normalized spacial score (nSPS) is 16.8. The number of nitrogens with zero attached hydrogens (tertiary/aromatic N) is 1. The lowest BCUT2D eigenvalue weighted by Gasteiger charge is -2.24. The van der Waals surface area contributed by atoms with Gasteiger partial charge >= 0.3 is 0 Å². The highest BCUT2D eigenvalue weighted by atomic mass is 32.2. The van der Waals surface area contributed by atoms with Gasteiger partial charge in [0.2, 0.25) is 12.7 Å². The molecule has 2 aliphatic rings. The van der Waals surface area contributed by atoms with Crippen molar-refractivity contribution in [2.24, 2.45) is 0 Å². The molecular weight excluding hydrogens is 436 g/mol. The summed E-state index contributed by atoms with van der Waals surface area (Å²) in [6.45, 7) is 1.31. The van der Waals surface area contributed by atoms with Gasteiger partial charge in [0, 0.05) is 18.7 Å². The van der Waals surface area contributed by atoms with Gasteiger partial charge in [0.15, 0.2) is 11.5 Å². The third-order valence-corrected chi connectivity index (χ3v) is 7.06. The topological polar surface area (TPSA) is 67.9 Å². The van der Waals surface area contributed by atoms with Crippen molar-refractivity contribution in [2.75, 3.05) is 19.1 Å². The Hall–Kier alpha value is -3.45. The van der Waals surface area contributed by atoms with Gasteiger partial charge in [-0.05, 0) is 47.4 Å². The van der Waals surface area contributed by atoms with Gasteiger partial charge in [0.1, 0.15) is 5.37 Å². The molecule has 0 bridgehead atoms. The minimum Gasteiger partial charge on any atom is -0.454 e. The monoisotopic (exact) mass is 460 g/mol. The van der Waals surface area contributed by atoms with Gasteiger partial charge in [-0.25, -0.2) is 0 Å². The second-order valence-electron chi connectivity index (χ2n) is 7.98. The second kappa shape index (κ2) is 9.58. The highest BCUT2D eigenvalue weighted by Crippen LogP contribution is 2.38. The van der Waals surface area contributed by atoms with E-state index in [1.165, 1.54) is 5.56 Å². The maximum absolute atomic E-state index is 12.6. The summed E-state index contributed by atoms with van der Waals surface area (Å²) in [5, 5.41) is 2.92. The van der Waals surface area contributed by atoms with Crippen molar-refractivity contribution in [3.63, 3.8) is 0 Å². The van der Waals surface area contributed by atoms with E-state index in [2.05, 4.69) is 17.4 Å². The molecule has 33 heavy (non-hydrogen) atoms. The number of hydrogen-bond donors (Lipinski definition) is 1. The van der Waals surface area contributed by atoms with Crippen LogP contribution in [-0.2, 0) is 17.8 Å². The largest absolute Gasteiger partial charge is 0.454 e. The van der Waals surface area contributed by atoms with Crippen LogP contribution in [-0.4, -0.2) is 35.8 Å². The Labute approximate surface area is 196 Å². The molecule has 2 amide bonds. The SMILES string of the molecule is O=C(NCc1ccc2c(c1)OCO2)c1ccc([C@@H]2SCC(=O)N2CCc2ccccc2)cc1. The van der Waals surface area contributed by atoms with Gasteiger partial charge in [0.25, 0.3) is 5.91 Å². The fraction of sp³-hybridized carbons (Fsp3) is 0.231. The molecule has 2 aliphatic heterocycles. The first kappa shape index (κ1) is 21.4.